The predicted molar refractivity (Wildman–Crippen MR) is 204 cm³/mol. The summed E-state index contributed by atoms with van der Waals surface area (Å²) >= 11 is 13.6. The first-order valence-corrected chi connectivity index (χ1v) is 18.3. The molecular formula is C37H44Cl2N8O6. The number of likely N-dealkylation sites (tertiary alicyclic amines) is 2. The maximum absolute atomic E-state index is 14.6. The number of halogens is 2. The molecule has 3 aliphatic rings. The van der Waals surface area contributed by atoms with Crippen LogP contribution in [0.3, 0.4) is 0 Å². The van der Waals surface area contributed by atoms with Gasteiger partial charge in [-0.25, -0.2) is 4.98 Å². The minimum atomic E-state index is -0.423. The van der Waals surface area contributed by atoms with E-state index in [-0.39, 0.29) is 74.7 Å². The van der Waals surface area contributed by atoms with Crippen LogP contribution in [-0.2, 0) is 20.9 Å². The van der Waals surface area contributed by atoms with E-state index in [2.05, 4.69) is 22.2 Å². The fourth-order valence-corrected chi connectivity index (χ4v) is 7.59. The fourth-order valence-electron chi connectivity index (χ4n) is 6.88. The Morgan fingerprint density at radius 2 is 1.72 bits per heavy atom. The maximum atomic E-state index is 14.6. The fraction of sp³-hybridized carbons (Fsp3) is 0.459. The number of hydrogen-bond acceptors (Lipinski definition) is 10. The summed E-state index contributed by atoms with van der Waals surface area (Å²) in [5.41, 5.74) is 0.386. The number of amides is 3. The molecule has 0 bridgehead atoms. The van der Waals surface area contributed by atoms with Crippen LogP contribution in [0.4, 0.5) is 5.95 Å². The number of fused-ring (bicyclic) bond motifs is 1. The molecule has 2 aromatic heterocycles. The summed E-state index contributed by atoms with van der Waals surface area (Å²) in [5.74, 6) is 0.360. The molecule has 3 unspecified atom stereocenters. The summed E-state index contributed by atoms with van der Waals surface area (Å²) in [4.78, 5) is 67.9. The number of ether oxygens (including phenoxy) is 2. The highest BCUT2D eigenvalue weighted by atomic mass is 35.5. The molecule has 3 fully saturated rings. The molecule has 2 aliphatic heterocycles. The number of carbonyl (C=O) groups is 3. The van der Waals surface area contributed by atoms with Crippen molar-refractivity contribution in [1.82, 2.24) is 34.6 Å². The van der Waals surface area contributed by atoms with E-state index in [1.165, 1.54) is 20.3 Å². The van der Waals surface area contributed by atoms with E-state index in [1.54, 1.807) is 38.8 Å². The number of nitrogens with one attached hydrogen (secondary N) is 2. The number of anilines is 1. The minimum Gasteiger partial charge on any atom is -0.495 e. The summed E-state index contributed by atoms with van der Waals surface area (Å²) in [6.45, 7) is 6.12. The van der Waals surface area contributed by atoms with E-state index in [0.717, 1.165) is 12.8 Å². The Labute approximate surface area is 317 Å². The zero-order valence-electron chi connectivity index (χ0n) is 30.2. The number of carbonyl (C=O) groups excluding carboxylic acids is 3. The van der Waals surface area contributed by atoms with Gasteiger partial charge in [0, 0.05) is 74.5 Å². The van der Waals surface area contributed by atoms with Crippen molar-refractivity contribution in [3.63, 3.8) is 0 Å². The Hall–Kier alpha value is -4.66. The van der Waals surface area contributed by atoms with Gasteiger partial charge < -0.3 is 34.8 Å². The number of nitrogens with zero attached hydrogens (tertiary/aromatic N) is 6. The second-order valence-corrected chi connectivity index (χ2v) is 14.7. The molecule has 0 radical (unpaired) electrons. The van der Waals surface area contributed by atoms with Gasteiger partial charge in [-0.3, -0.25) is 23.7 Å². The average Bonchev–Trinajstić information content (AvgIpc) is 3.76. The zero-order valence-corrected chi connectivity index (χ0v) is 31.7. The third kappa shape index (κ3) is 8.29. The van der Waals surface area contributed by atoms with Crippen molar-refractivity contribution in [3.8, 4) is 22.6 Å². The normalized spacial score (nSPS) is 20.0. The van der Waals surface area contributed by atoms with Gasteiger partial charge in [-0.05, 0) is 51.4 Å². The van der Waals surface area contributed by atoms with Gasteiger partial charge in [-0.1, -0.05) is 35.9 Å². The second-order valence-electron chi connectivity index (χ2n) is 13.9. The van der Waals surface area contributed by atoms with E-state index in [9.17, 15) is 19.2 Å². The molecule has 3 amide bonds. The molecule has 1 saturated carbocycles. The lowest BCUT2D eigenvalue weighted by Crippen LogP contribution is -2.45. The van der Waals surface area contributed by atoms with Crippen LogP contribution in [-0.4, -0.2) is 120 Å². The smallest absolute Gasteiger partial charge is 0.260 e. The Kier molecular flexibility index (Phi) is 11.6. The molecule has 6 rings (SSSR count). The number of benzene rings is 1. The molecule has 2 N–H and O–H groups in total. The number of likely N-dealkylation sites (N-methyl/N-ethyl adjacent to an activating group) is 1. The molecule has 3 aromatic rings. The molecule has 282 valence electrons. The molecule has 2 saturated heterocycles. The predicted octanol–water partition coefficient (Wildman–Crippen LogP) is 3.45. The third-order valence-electron chi connectivity index (χ3n) is 9.82. The van der Waals surface area contributed by atoms with Crippen molar-refractivity contribution in [2.24, 2.45) is 11.8 Å². The van der Waals surface area contributed by atoms with Gasteiger partial charge in [0.05, 0.1) is 41.9 Å². The zero-order chi connectivity index (χ0) is 38.0. The van der Waals surface area contributed by atoms with Crippen molar-refractivity contribution in [2.45, 2.75) is 37.9 Å². The molecule has 4 heterocycles. The van der Waals surface area contributed by atoms with Gasteiger partial charge in [0.1, 0.15) is 17.1 Å². The SMILES string of the molecule is C=CC(=O)NC1CN(C(=O)C2CC2)CC1Nc1ncc2cc(-c3c(Cl)c(OC)cc(OC)c3Cl)c(=O)n(CC3CCN(C(=O)/C=C/CN(C)C)C3)c2n1. The van der Waals surface area contributed by atoms with Crippen LogP contribution in [0.5, 0.6) is 11.5 Å². The van der Waals surface area contributed by atoms with Crippen LogP contribution in [0.1, 0.15) is 19.3 Å². The lowest BCUT2D eigenvalue weighted by Gasteiger charge is -2.21. The van der Waals surface area contributed by atoms with Gasteiger partial charge in [0.2, 0.25) is 23.7 Å². The highest BCUT2D eigenvalue weighted by molar-refractivity contribution is 6.41. The third-order valence-corrected chi connectivity index (χ3v) is 10.6. The number of aromatic nitrogens is 3. The van der Waals surface area contributed by atoms with E-state index < -0.39 is 17.6 Å². The van der Waals surface area contributed by atoms with Crippen molar-refractivity contribution in [3.05, 3.63) is 63.5 Å². The lowest BCUT2D eigenvalue weighted by molar-refractivity contribution is -0.131. The van der Waals surface area contributed by atoms with E-state index in [0.29, 0.717) is 50.2 Å². The first kappa shape index (κ1) is 38.1. The highest BCUT2D eigenvalue weighted by Gasteiger charge is 2.41. The summed E-state index contributed by atoms with van der Waals surface area (Å²) in [7, 11) is 6.78. The van der Waals surface area contributed by atoms with Crippen molar-refractivity contribution in [1.29, 1.82) is 0 Å². The maximum Gasteiger partial charge on any atom is 0.260 e. The summed E-state index contributed by atoms with van der Waals surface area (Å²) < 4.78 is 12.6. The van der Waals surface area contributed by atoms with Crippen LogP contribution >= 0.6 is 23.2 Å². The number of hydrogen-bond donors (Lipinski definition) is 2. The number of rotatable bonds is 13. The van der Waals surface area contributed by atoms with Gasteiger partial charge in [-0.15, -0.1) is 0 Å². The Morgan fingerprint density at radius 1 is 1.02 bits per heavy atom. The van der Waals surface area contributed by atoms with Crippen LogP contribution in [0.25, 0.3) is 22.2 Å². The quantitative estimate of drug-likeness (QED) is 0.248. The van der Waals surface area contributed by atoms with Crippen LogP contribution in [0.2, 0.25) is 10.0 Å². The first-order chi connectivity index (χ1) is 25.4. The molecule has 14 nitrogen and oxygen atoms in total. The number of pyridine rings is 1. The lowest BCUT2D eigenvalue weighted by atomic mass is 10.0. The van der Waals surface area contributed by atoms with E-state index in [4.69, 9.17) is 37.7 Å². The highest BCUT2D eigenvalue weighted by Crippen LogP contribution is 2.45. The second kappa shape index (κ2) is 16.1. The monoisotopic (exact) mass is 766 g/mol. The molecule has 1 aromatic carbocycles. The first-order valence-electron chi connectivity index (χ1n) is 17.5. The van der Waals surface area contributed by atoms with E-state index >= 15 is 0 Å². The molecule has 16 heteroatoms. The molecule has 3 atom stereocenters. The molecule has 0 spiro atoms. The molecule has 1 aliphatic carbocycles. The average molecular weight is 768 g/mol. The molecular weight excluding hydrogens is 723 g/mol. The van der Waals surface area contributed by atoms with Crippen molar-refractivity contribution in [2.75, 3.05) is 66.4 Å². The Morgan fingerprint density at radius 3 is 2.36 bits per heavy atom. The molecule has 53 heavy (non-hydrogen) atoms. The number of methoxy groups -OCH3 is 2. The van der Waals surface area contributed by atoms with Gasteiger partial charge in [0.25, 0.3) is 5.56 Å². The van der Waals surface area contributed by atoms with Gasteiger partial charge >= 0.3 is 0 Å². The topological polar surface area (TPSA) is 151 Å². The van der Waals surface area contributed by atoms with Gasteiger partial charge in [-0.2, -0.15) is 4.98 Å². The Balaban J connectivity index is 1.38. The van der Waals surface area contributed by atoms with Crippen molar-refractivity contribution < 1.29 is 23.9 Å². The van der Waals surface area contributed by atoms with Gasteiger partial charge in [0.15, 0.2) is 0 Å². The summed E-state index contributed by atoms with van der Waals surface area (Å²) in [6.07, 6.45) is 8.61. The minimum absolute atomic E-state index is 0.0208. The Bertz CT molecular complexity index is 1990. The van der Waals surface area contributed by atoms with E-state index in [1.807, 2.05) is 25.1 Å². The standard InChI is InChI=1S/C37H44Cl2N8O6/c1-6-29(48)41-25-19-46(35(50)22-9-10-22)20-26(25)42-37-40-16-23-14-24(31-32(38)27(52-4)15-28(53-5)33(31)39)36(51)47(34(23)43-37)18-21-11-13-45(17-21)30(49)8-7-12-44(2)3/h6-8,14-16,21-22,25-26H,1,9-13,17-20H2,2-5H3,(H,41,48)(H,40,42,43)/b8-7+. The largest absolute Gasteiger partial charge is 0.495 e. The summed E-state index contributed by atoms with van der Waals surface area (Å²) in [6, 6.07) is 2.37. The van der Waals surface area contributed by atoms with Crippen LogP contribution in [0.15, 0.2) is 47.9 Å². The van der Waals surface area contributed by atoms with Crippen LogP contribution < -0.4 is 25.7 Å². The summed E-state index contributed by atoms with van der Waals surface area (Å²) in [5, 5.41) is 7.06. The van der Waals surface area contributed by atoms with Crippen molar-refractivity contribution >= 4 is 57.9 Å². The van der Waals surface area contributed by atoms with Crippen LogP contribution in [0, 0.1) is 11.8 Å².